The monoisotopic (exact) mass is 208 g/mol. The predicted octanol–water partition coefficient (Wildman–Crippen LogP) is 0.891. The molecule has 1 aliphatic heterocycles. The molecule has 4 nitrogen and oxygen atoms in total. The number of aromatic hydroxyl groups is 1. The van der Waals surface area contributed by atoms with Gasteiger partial charge in [0.1, 0.15) is 18.1 Å². The summed E-state index contributed by atoms with van der Waals surface area (Å²) >= 11 is 0. The normalized spacial score (nSPS) is 19.2. The Morgan fingerprint density at radius 1 is 1.53 bits per heavy atom. The van der Waals surface area contributed by atoms with Gasteiger partial charge in [-0.3, -0.25) is 4.79 Å². The molecule has 1 aliphatic rings. The third kappa shape index (κ3) is 1.68. The SMILES string of the molecule is CC(=O)c1ccc2c(c1O)CC(O)CO2. The van der Waals surface area contributed by atoms with Crippen LogP contribution in [0.25, 0.3) is 0 Å². The molecule has 4 heteroatoms. The summed E-state index contributed by atoms with van der Waals surface area (Å²) in [5.74, 6) is 0.275. The van der Waals surface area contributed by atoms with Crippen molar-refractivity contribution in [1.29, 1.82) is 0 Å². The molecule has 0 aromatic heterocycles. The summed E-state index contributed by atoms with van der Waals surface area (Å²) < 4.78 is 5.23. The van der Waals surface area contributed by atoms with Crippen LogP contribution in [0.1, 0.15) is 22.8 Å². The molecule has 2 rings (SSSR count). The van der Waals surface area contributed by atoms with E-state index in [1.165, 1.54) is 13.0 Å². The average Bonchev–Trinajstić information content (AvgIpc) is 2.19. The number of fused-ring (bicyclic) bond motifs is 1. The first kappa shape index (κ1) is 9.98. The zero-order valence-corrected chi connectivity index (χ0v) is 8.36. The van der Waals surface area contributed by atoms with Crippen molar-refractivity contribution < 1.29 is 19.7 Å². The van der Waals surface area contributed by atoms with E-state index >= 15 is 0 Å². The second kappa shape index (κ2) is 3.55. The molecule has 1 aromatic rings. The third-order valence-corrected chi connectivity index (χ3v) is 2.49. The van der Waals surface area contributed by atoms with Crippen LogP contribution in [0.15, 0.2) is 12.1 Å². The molecule has 1 heterocycles. The van der Waals surface area contributed by atoms with Crippen molar-refractivity contribution in [2.24, 2.45) is 0 Å². The highest BCUT2D eigenvalue weighted by molar-refractivity contribution is 5.97. The highest BCUT2D eigenvalue weighted by Gasteiger charge is 2.23. The van der Waals surface area contributed by atoms with Crippen molar-refractivity contribution in [3.63, 3.8) is 0 Å². The Morgan fingerprint density at radius 2 is 2.27 bits per heavy atom. The fraction of sp³-hybridized carbons (Fsp3) is 0.364. The number of carbonyl (C=O) groups excluding carboxylic acids is 1. The van der Waals surface area contributed by atoms with E-state index in [2.05, 4.69) is 0 Å². The van der Waals surface area contributed by atoms with Gasteiger partial charge >= 0.3 is 0 Å². The number of ether oxygens (including phenoxy) is 1. The van der Waals surface area contributed by atoms with E-state index in [4.69, 9.17) is 4.74 Å². The van der Waals surface area contributed by atoms with Gasteiger partial charge in [0.25, 0.3) is 0 Å². The molecule has 1 unspecified atom stereocenters. The molecule has 80 valence electrons. The number of aliphatic hydroxyl groups excluding tert-OH is 1. The van der Waals surface area contributed by atoms with E-state index in [1.807, 2.05) is 0 Å². The van der Waals surface area contributed by atoms with Crippen molar-refractivity contribution in [3.05, 3.63) is 23.3 Å². The van der Waals surface area contributed by atoms with Gasteiger partial charge < -0.3 is 14.9 Å². The van der Waals surface area contributed by atoms with E-state index in [-0.39, 0.29) is 23.7 Å². The molecule has 0 radical (unpaired) electrons. The smallest absolute Gasteiger partial charge is 0.163 e. The number of Topliss-reactive ketones (excluding diaryl/α,β-unsaturated/α-hetero) is 1. The molecular formula is C11H12O4. The summed E-state index contributed by atoms with van der Waals surface area (Å²) in [6.07, 6.45) is -0.298. The Labute approximate surface area is 87.1 Å². The van der Waals surface area contributed by atoms with Gasteiger partial charge in [-0.1, -0.05) is 0 Å². The molecule has 0 aliphatic carbocycles. The number of hydrogen-bond acceptors (Lipinski definition) is 4. The summed E-state index contributed by atoms with van der Waals surface area (Å²) in [6.45, 7) is 1.62. The second-order valence-corrected chi connectivity index (χ2v) is 3.66. The third-order valence-electron chi connectivity index (χ3n) is 2.49. The van der Waals surface area contributed by atoms with Crippen LogP contribution in [0, 0.1) is 0 Å². The van der Waals surface area contributed by atoms with Crippen LogP contribution in [-0.2, 0) is 6.42 Å². The lowest BCUT2D eigenvalue weighted by Gasteiger charge is -2.23. The number of benzene rings is 1. The summed E-state index contributed by atoms with van der Waals surface area (Å²) in [5, 5.41) is 19.2. The molecule has 1 atom stereocenters. The van der Waals surface area contributed by atoms with Crippen LogP contribution in [0.2, 0.25) is 0 Å². The van der Waals surface area contributed by atoms with E-state index < -0.39 is 6.10 Å². The van der Waals surface area contributed by atoms with E-state index in [1.54, 1.807) is 6.07 Å². The van der Waals surface area contributed by atoms with Crippen LogP contribution in [0.5, 0.6) is 11.5 Å². The minimum atomic E-state index is -0.620. The first-order chi connectivity index (χ1) is 7.09. The average molecular weight is 208 g/mol. The van der Waals surface area contributed by atoms with Crippen LogP contribution >= 0.6 is 0 Å². The van der Waals surface area contributed by atoms with Crippen molar-refractivity contribution in [2.45, 2.75) is 19.4 Å². The molecule has 0 amide bonds. The van der Waals surface area contributed by atoms with Crippen LogP contribution in [-0.4, -0.2) is 28.7 Å². The fourth-order valence-electron chi connectivity index (χ4n) is 1.71. The van der Waals surface area contributed by atoms with E-state index in [0.717, 1.165) is 0 Å². The van der Waals surface area contributed by atoms with E-state index in [0.29, 0.717) is 17.7 Å². The Morgan fingerprint density at radius 3 is 2.93 bits per heavy atom. The lowest BCUT2D eigenvalue weighted by Crippen LogP contribution is -2.25. The molecule has 15 heavy (non-hydrogen) atoms. The Bertz CT molecular complexity index is 411. The predicted molar refractivity (Wildman–Crippen MR) is 53.3 cm³/mol. The first-order valence-corrected chi connectivity index (χ1v) is 4.76. The lowest BCUT2D eigenvalue weighted by molar-refractivity contribution is 0.0903. The Hall–Kier alpha value is -1.55. The molecule has 0 fully saturated rings. The summed E-state index contributed by atoms with van der Waals surface area (Å²) in [7, 11) is 0. The Balaban J connectivity index is 2.51. The van der Waals surface area contributed by atoms with Crippen molar-refractivity contribution in [2.75, 3.05) is 6.61 Å². The van der Waals surface area contributed by atoms with Gasteiger partial charge in [-0.25, -0.2) is 0 Å². The molecule has 1 aromatic carbocycles. The highest BCUT2D eigenvalue weighted by Crippen LogP contribution is 2.35. The zero-order chi connectivity index (χ0) is 11.0. The maximum absolute atomic E-state index is 11.2. The highest BCUT2D eigenvalue weighted by atomic mass is 16.5. The van der Waals surface area contributed by atoms with Crippen LogP contribution in [0.3, 0.4) is 0 Å². The maximum atomic E-state index is 11.2. The quantitative estimate of drug-likeness (QED) is 0.672. The number of ketones is 1. The molecule has 0 saturated heterocycles. The summed E-state index contributed by atoms with van der Waals surface area (Å²) in [6, 6.07) is 3.19. The lowest BCUT2D eigenvalue weighted by atomic mass is 9.98. The topological polar surface area (TPSA) is 66.8 Å². The van der Waals surface area contributed by atoms with Gasteiger partial charge in [0.15, 0.2) is 5.78 Å². The number of phenolic OH excluding ortho intramolecular Hbond substituents is 1. The number of rotatable bonds is 1. The molecule has 0 bridgehead atoms. The van der Waals surface area contributed by atoms with Crippen molar-refractivity contribution in [1.82, 2.24) is 0 Å². The molecule has 0 saturated carbocycles. The van der Waals surface area contributed by atoms with E-state index in [9.17, 15) is 15.0 Å². The minimum Gasteiger partial charge on any atom is -0.507 e. The standard InChI is InChI=1S/C11H12O4/c1-6(12)8-2-3-10-9(11(8)14)4-7(13)5-15-10/h2-3,7,13-14H,4-5H2,1H3. The Kier molecular flexibility index (Phi) is 2.36. The fourth-order valence-corrected chi connectivity index (χ4v) is 1.71. The number of carbonyl (C=O) groups is 1. The van der Waals surface area contributed by atoms with Crippen molar-refractivity contribution >= 4 is 5.78 Å². The van der Waals surface area contributed by atoms with Crippen LogP contribution in [0.4, 0.5) is 0 Å². The number of hydrogen-bond donors (Lipinski definition) is 2. The van der Waals surface area contributed by atoms with Gasteiger partial charge in [0.05, 0.1) is 11.7 Å². The van der Waals surface area contributed by atoms with Gasteiger partial charge in [0, 0.05) is 12.0 Å². The summed E-state index contributed by atoms with van der Waals surface area (Å²) in [5.41, 5.74) is 0.785. The molecular weight excluding hydrogens is 196 g/mol. The summed E-state index contributed by atoms with van der Waals surface area (Å²) in [4.78, 5) is 11.2. The van der Waals surface area contributed by atoms with Gasteiger partial charge in [-0.2, -0.15) is 0 Å². The minimum absolute atomic E-state index is 0.0706. The largest absolute Gasteiger partial charge is 0.507 e. The van der Waals surface area contributed by atoms with Gasteiger partial charge in [-0.15, -0.1) is 0 Å². The second-order valence-electron chi connectivity index (χ2n) is 3.66. The van der Waals surface area contributed by atoms with Crippen molar-refractivity contribution in [3.8, 4) is 11.5 Å². The zero-order valence-electron chi connectivity index (χ0n) is 8.36. The number of phenols is 1. The maximum Gasteiger partial charge on any atom is 0.163 e. The molecule has 2 N–H and O–H groups in total. The van der Waals surface area contributed by atoms with Gasteiger partial charge in [-0.05, 0) is 19.1 Å². The molecule has 0 spiro atoms. The first-order valence-electron chi connectivity index (χ1n) is 4.76. The van der Waals surface area contributed by atoms with Gasteiger partial charge in [0.2, 0.25) is 0 Å². The van der Waals surface area contributed by atoms with Crippen LogP contribution < -0.4 is 4.74 Å². The number of aliphatic hydroxyl groups is 1.